The van der Waals surface area contributed by atoms with Gasteiger partial charge in [0.05, 0.1) is 12.7 Å². The van der Waals surface area contributed by atoms with E-state index in [0.29, 0.717) is 17.7 Å². The van der Waals surface area contributed by atoms with Crippen molar-refractivity contribution in [1.29, 1.82) is 0 Å². The van der Waals surface area contributed by atoms with Gasteiger partial charge in [0.1, 0.15) is 0 Å². The zero-order valence-electron chi connectivity index (χ0n) is 14.0. The van der Waals surface area contributed by atoms with Crippen LogP contribution in [0.5, 0.6) is 0 Å². The van der Waals surface area contributed by atoms with Gasteiger partial charge in [-0.2, -0.15) is 0 Å². The maximum Gasteiger partial charge on any atom is 0.337 e. The fourth-order valence-electron chi connectivity index (χ4n) is 2.15. The van der Waals surface area contributed by atoms with E-state index < -0.39 is 5.97 Å². The van der Waals surface area contributed by atoms with Crippen molar-refractivity contribution in [2.75, 3.05) is 13.7 Å². The Morgan fingerprint density at radius 2 is 1.56 bits per heavy atom. The fourth-order valence-corrected chi connectivity index (χ4v) is 2.15. The molecule has 0 atom stereocenters. The van der Waals surface area contributed by atoms with Gasteiger partial charge in [0.2, 0.25) is 5.91 Å². The Morgan fingerprint density at radius 3 is 2.20 bits per heavy atom. The van der Waals surface area contributed by atoms with E-state index in [1.165, 1.54) is 7.11 Å². The summed E-state index contributed by atoms with van der Waals surface area (Å²) in [6.07, 6.45) is 0.193. The molecule has 0 saturated carbocycles. The zero-order valence-corrected chi connectivity index (χ0v) is 14.0. The van der Waals surface area contributed by atoms with Gasteiger partial charge >= 0.3 is 5.97 Å². The minimum Gasteiger partial charge on any atom is -0.465 e. The van der Waals surface area contributed by atoms with Crippen LogP contribution in [0.15, 0.2) is 54.6 Å². The topological polar surface area (TPSA) is 84.5 Å². The largest absolute Gasteiger partial charge is 0.465 e. The number of amides is 2. The van der Waals surface area contributed by atoms with Crippen LogP contribution in [-0.4, -0.2) is 31.4 Å². The number of methoxy groups -OCH3 is 1. The molecule has 0 saturated heterocycles. The third kappa shape index (κ3) is 5.76. The quantitative estimate of drug-likeness (QED) is 0.754. The van der Waals surface area contributed by atoms with Crippen LogP contribution in [0.2, 0.25) is 0 Å². The van der Waals surface area contributed by atoms with Crippen LogP contribution >= 0.6 is 0 Å². The van der Waals surface area contributed by atoms with E-state index in [1.54, 1.807) is 48.5 Å². The van der Waals surface area contributed by atoms with Gasteiger partial charge in [0, 0.05) is 25.1 Å². The van der Waals surface area contributed by atoms with Crippen molar-refractivity contribution in [2.45, 2.75) is 13.0 Å². The number of hydrogen-bond acceptors (Lipinski definition) is 4. The molecular formula is C19H20N2O4. The molecule has 0 bridgehead atoms. The monoisotopic (exact) mass is 340 g/mol. The van der Waals surface area contributed by atoms with E-state index in [9.17, 15) is 14.4 Å². The van der Waals surface area contributed by atoms with Crippen molar-refractivity contribution in [3.05, 3.63) is 71.3 Å². The van der Waals surface area contributed by atoms with Crippen LogP contribution in [0.1, 0.15) is 32.7 Å². The van der Waals surface area contributed by atoms with E-state index in [4.69, 9.17) is 0 Å². The molecule has 0 fully saturated rings. The third-order valence-electron chi connectivity index (χ3n) is 3.54. The number of hydrogen-bond donors (Lipinski definition) is 2. The van der Waals surface area contributed by atoms with Crippen LogP contribution in [0, 0.1) is 0 Å². The Balaban J connectivity index is 1.70. The van der Waals surface area contributed by atoms with Gasteiger partial charge in [-0.05, 0) is 29.8 Å². The average molecular weight is 340 g/mol. The fraction of sp³-hybridized carbons (Fsp3) is 0.211. The second-order valence-corrected chi connectivity index (χ2v) is 5.34. The molecule has 0 heterocycles. The van der Waals surface area contributed by atoms with Gasteiger partial charge in [-0.1, -0.05) is 30.3 Å². The van der Waals surface area contributed by atoms with Crippen molar-refractivity contribution in [1.82, 2.24) is 10.6 Å². The maximum atomic E-state index is 11.8. The summed E-state index contributed by atoms with van der Waals surface area (Å²) >= 11 is 0. The molecule has 2 aromatic carbocycles. The predicted molar refractivity (Wildman–Crippen MR) is 93.0 cm³/mol. The molecule has 2 rings (SSSR count). The molecule has 0 unspecified atom stereocenters. The van der Waals surface area contributed by atoms with E-state index in [-0.39, 0.29) is 24.8 Å². The first-order chi connectivity index (χ1) is 12.1. The lowest BCUT2D eigenvalue weighted by molar-refractivity contribution is -0.121. The van der Waals surface area contributed by atoms with Crippen LogP contribution in [0.3, 0.4) is 0 Å². The standard InChI is InChI=1S/C19H20N2O4/c1-25-19(24)16-9-7-14(8-10-16)13-21-17(22)11-12-20-18(23)15-5-3-2-4-6-15/h2-10H,11-13H2,1H3,(H,20,23)(H,21,22). The van der Waals surface area contributed by atoms with Crippen molar-refractivity contribution in [3.63, 3.8) is 0 Å². The Labute approximate surface area is 146 Å². The molecule has 130 valence electrons. The maximum absolute atomic E-state index is 11.8. The van der Waals surface area contributed by atoms with Crippen LogP contribution in [0.4, 0.5) is 0 Å². The summed E-state index contributed by atoms with van der Waals surface area (Å²) in [5.41, 5.74) is 1.89. The Kier molecular flexibility index (Phi) is 6.71. The average Bonchev–Trinajstić information content (AvgIpc) is 2.66. The number of nitrogens with one attached hydrogen (secondary N) is 2. The highest BCUT2D eigenvalue weighted by Crippen LogP contribution is 2.05. The predicted octanol–water partition coefficient (Wildman–Crippen LogP) is 1.91. The van der Waals surface area contributed by atoms with Gasteiger partial charge in [0.25, 0.3) is 5.91 Å². The van der Waals surface area contributed by atoms with E-state index in [0.717, 1.165) is 5.56 Å². The van der Waals surface area contributed by atoms with Crippen molar-refractivity contribution in [2.24, 2.45) is 0 Å². The Morgan fingerprint density at radius 1 is 0.880 bits per heavy atom. The van der Waals surface area contributed by atoms with Gasteiger partial charge in [-0.15, -0.1) is 0 Å². The number of ether oxygens (including phenoxy) is 1. The first-order valence-corrected chi connectivity index (χ1v) is 7.87. The first kappa shape index (κ1) is 18.2. The molecule has 25 heavy (non-hydrogen) atoms. The van der Waals surface area contributed by atoms with E-state index in [1.807, 2.05) is 6.07 Å². The lowest BCUT2D eigenvalue weighted by atomic mass is 10.1. The minimum atomic E-state index is -0.398. The second-order valence-electron chi connectivity index (χ2n) is 5.34. The van der Waals surface area contributed by atoms with Gasteiger partial charge in [-0.3, -0.25) is 9.59 Å². The molecule has 6 nitrogen and oxygen atoms in total. The molecular weight excluding hydrogens is 320 g/mol. The van der Waals surface area contributed by atoms with Crippen molar-refractivity contribution < 1.29 is 19.1 Å². The second kappa shape index (κ2) is 9.22. The highest BCUT2D eigenvalue weighted by atomic mass is 16.5. The minimum absolute atomic E-state index is 0.162. The number of carbonyl (C=O) groups is 3. The molecule has 6 heteroatoms. The smallest absolute Gasteiger partial charge is 0.337 e. The summed E-state index contributed by atoms with van der Waals surface area (Å²) in [7, 11) is 1.33. The summed E-state index contributed by atoms with van der Waals surface area (Å²) in [6.45, 7) is 0.619. The van der Waals surface area contributed by atoms with Gasteiger partial charge in [0.15, 0.2) is 0 Å². The lowest BCUT2D eigenvalue weighted by Gasteiger charge is -2.07. The Hall–Kier alpha value is -3.15. The normalized spacial score (nSPS) is 9.96. The zero-order chi connectivity index (χ0) is 18.1. The summed E-state index contributed by atoms with van der Waals surface area (Å²) in [5, 5.41) is 5.47. The first-order valence-electron chi connectivity index (χ1n) is 7.87. The molecule has 0 aliphatic carbocycles. The molecule has 0 radical (unpaired) electrons. The lowest BCUT2D eigenvalue weighted by Crippen LogP contribution is -2.30. The summed E-state index contributed by atoms with van der Waals surface area (Å²) in [5.74, 6) is -0.762. The van der Waals surface area contributed by atoms with Crippen molar-refractivity contribution >= 4 is 17.8 Å². The summed E-state index contributed by atoms with van der Waals surface area (Å²) in [4.78, 5) is 35.0. The molecule has 0 aromatic heterocycles. The van der Waals surface area contributed by atoms with Gasteiger partial charge in [-0.25, -0.2) is 4.79 Å². The number of benzene rings is 2. The number of rotatable bonds is 7. The van der Waals surface area contributed by atoms with Crippen molar-refractivity contribution in [3.8, 4) is 0 Å². The number of esters is 1. The van der Waals surface area contributed by atoms with E-state index >= 15 is 0 Å². The highest BCUT2D eigenvalue weighted by Gasteiger charge is 2.07. The summed E-state index contributed by atoms with van der Waals surface area (Å²) < 4.78 is 4.63. The number of carbonyl (C=O) groups excluding carboxylic acids is 3. The molecule has 0 spiro atoms. The molecule has 2 N–H and O–H groups in total. The van der Waals surface area contributed by atoms with Crippen LogP contribution < -0.4 is 10.6 Å². The SMILES string of the molecule is COC(=O)c1ccc(CNC(=O)CCNC(=O)c2ccccc2)cc1. The van der Waals surface area contributed by atoms with Crippen LogP contribution in [0.25, 0.3) is 0 Å². The molecule has 2 aromatic rings. The van der Waals surface area contributed by atoms with Gasteiger partial charge < -0.3 is 15.4 Å². The Bertz CT molecular complexity index is 727. The molecule has 2 amide bonds. The highest BCUT2D eigenvalue weighted by molar-refractivity contribution is 5.94. The van der Waals surface area contributed by atoms with E-state index in [2.05, 4.69) is 15.4 Å². The molecule has 0 aliphatic heterocycles. The summed E-state index contributed by atoms with van der Waals surface area (Å²) in [6, 6.07) is 15.6. The third-order valence-corrected chi connectivity index (χ3v) is 3.54. The van der Waals surface area contributed by atoms with Crippen LogP contribution in [-0.2, 0) is 16.1 Å². The molecule has 0 aliphatic rings.